The second kappa shape index (κ2) is 9.26. The quantitative estimate of drug-likeness (QED) is 0.344. The van der Waals surface area contributed by atoms with Crippen LogP contribution in [0.1, 0.15) is 12.5 Å². The molecule has 0 saturated heterocycles. The van der Waals surface area contributed by atoms with E-state index in [0.29, 0.717) is 22.5 Å². The highest BCUT2D eigenvalue weighted by molar-refractivity contribution is 5.82. The van der Waals surface area contributed by atoms with Gasteiger partial charge in [-0.1, -0.05) is 42.5 Å². The smallest absolute Gasteiger partial charge is 0.346 e. The Bertz CT molecular complexity index is 1330. The summed E-state index contributed by atoms with van der Waals surface area (Å²) in [5.74, 6) is 0.527. The van der Waals surface area contributed by atoms with Crippen LogP contribution in [0.15, 0.2) is 88.8 Å². The summed E-state index contributed by atoms with van der Waals surface area (Å²) in [5.41, 5.74) is 1.90. The van der Waals surface area contributed by atoms with Crippen molar-refractivity contribution in [1.82, 2.24) is 9.66 Å². The lowest BCUT2D eigenvalue weighted by Gasteiger charge is -2.12. The van der Waals surface area contributed by atoms with Crippen molar-refractivity contribution < 1.29 is 14.3 Å². The van der Waals surface area contributed by atoms with Gasteiger partial charge in [-0.05, 0) is 48.9 Å². The molecule has 3 aromatic carbocycles. The first kappa shape index (κ1) is 21.0. The molecule has 0 bridgehead atoms. The molecule has 0 radical (unpaired) electrons. The van der Waals surface area contributed by atoms with E-state index in [9.17, 15) is 9.59 Å². The number of rotatable bonds is 6. The van der Waals surface area contributed by atoms with Gasteiger partial charge in [-0.25, -0.2) is 9.78 Å². The van der Waals surface area contributed by atoms with Gasteiger partial charge in [-0.3, -0.25) is 4.79 Å². The maximum Gasteiger partial charge on any atom is 0.346 e. The molecule has 0 saturated carbocycles. The predicted octanol–water partition coefficient (Wildman–Crippen LogP) is 3.89. The van der Waals surface area contributed by atoms with Crippen LogP contribution in [0, 0.1) is 0 Å². The van der Waals surface area contributed by atoms with Crippen molar-refractivity contribution in [3.8, 4) is 17.1 Å². The zero-order valence-corrected chi connectivity index (χ0v) is 17.6. The summed E-state index contributed by atoms with van der Waals surface area (Å²) in [6, 6.07) is 23.7. The third-order valence-corrected chi connectivity index (χ3v) is 4.83. The number of benzene rings is 3. The molecule has 1 aromatic heterocycles. The Hall–Kier alpha value is -4.26. The molecule has 0 fully saturated rings. The molecule has 7 heteroatoms. The number of aromatic nitrogens is 2. The lowest BCUT2D eigenvalue weighted by molar-refractivity contribution is -0.147. The lowest BCUT2D eigenvalue weighted by atomic mass is 10.2. The summed E-state index contributed by atoms with van der Waals surface area (Å²) in [4.78, 5) is 29.3. The Morgan fingerprint density at radius 2 is 1.69 bits per heavy atom. The molecule has 0 aliphatic heterocycles. The summed E-state index contributed by atoms with van der Waals surface area (Å²) in [6.07, 6.45) is 0.868. The Morgan fingerprint density at radius 3 is 2.41 bits per heavy atom. The SMILES string of the molecule is COC(=O)[C@H](C)Oc1ccc(C=Nn2c(-c3ccccc3)nc3ccccc3c2=O)cc1. The fraction of sp³-hybridized carbons (Fsp3) is 0.120. The largest absolute Gasteiger partial charge is 0.479 e. The van der Waals surface area contributed by atoms with E-state index < -0.39 is 12.1 Å². The Labute approximate surface area is 184 Å². The zero-order valence-electron chi connectivity index (χ0n) is 17.6. The van der Waals surface area contributed by atoms with E-state index in [2.05, 4.69) is 14.8 Å². The first-order chi connectivity index (χ1) is 15.6. The second-order valence-corrected chi connectivity index (χ2v) is 7.03. The van der Waals surface area contributed by atoms with Crippen LogP contribution in [-0.4, -0.2) is 35.1 Å². The Morgan fingerprint density at radius 1 is 1.00 bits per heavy atom. The molecule has 0 aliphatic carbocycles. The average molecular weight is 427 g/mol. The molecule has 0 amide bonds. The number of esters is 1. The third kappa shape index (κ3) is 4.41. The van der Waals surface area contributed by atoms with Gasteiger partial charge in [0.2, 0.25) is 0 Å². The van der Waals surface area contributed by atoms with Crippen molar-refractivity contribution >= 4 is 23.1 Å². The molecule has 1 heterocycles. The van der Waals surface area contributed by atoms with Crippen LogP contribution < -0.4 is 10.3 Å². The van der Waals surface area contributed by atoms with Crippen LogP contribution in [-0.2, 0) is 9.53 Å². The monoisotopic (exact) mass is 427 g/mol. The van der Waals surface area contributed by atoms with Gasteiger partial charge in [-0.2, -0.15) is 9.78 Å². The second-order valence-electron chi connectivity index (χ2n) is 7.03. The van der Waals surface area contributed by atoms with Gasteiger partial charge in [0, 0.05) is 5.56 Å². The molecule has 7 nitrogen and oxygen atoms in total. The van der Waals surface area contributed by atoms with E-state index in [4.69, 9.17) is 4.74 Å². The number of para-hydroxylation sites is 1. The maximum absolute atomic E-state index is 13.2. The maximum atomic E-state index is 13.2. The minimum atomic E-state index is -0.713. The minimum absolute atomic E-state index is 0.252. The summed E-state index contributed by atoms with van der Waals surface area (Å²) in [5, 5.41) is 4.93. The van der Waals surface area contributed by atoms with Crippen LogP contribution in [0.3, 0.4) is 0 Å². The number of carbonyl (C=O) groups excluding carboxylic acids is 1. The van der Waals surface area contributed by atoms with E-state index in [-0.39, 0.29) is 5.56 Å². The van der Waals surface area contributed by atoms with Crippen molar-refractivity contribution in [2.75, 3.05) is 7.11 Å². The van der Waals surface area contributed by atoms with Crippen LogP contribution in [0.4, 0.5) is 0 Å². The Kier molecular flexibility index (Phi) is 6.07. The molecular weight excluding hydrogens is 406 g/mol. The first-order valence-electron chi connectivity index (χ1n) is 10.0. The summed E-state index contributed by atoms with van der Waals surface area (Å²) in [6.45, 7) is 1.62. The first-order valence-corrected chi connectivity index (χ1v) is 10.0. The van der Waals surface area contributed by atoms with Crippen molar-refractivity contribution in [3.05, 3.63) is 94.8 Å². The van der Waals surface area contributed by atoms with Crippen molar-refractivity contribution in [1.29, 1.82) is 0 Å². The van der Waals surface area contributed by atoms with Gasteiger partial charge in [0.05, 0.1) is 24.2 Å². The van der Waals surface area contributed by atoms with E-state index in [1.54, 1.807) is 49.5 Å². The molecule has 0 unspecified atom stereocenters. The fourth-order valence-electron chi connectivity index (χ4n) is 3.18. The minimum Gasteiger partial charge on any atom is -0.479 e. The van der Waals surface area contributed by atoms with E-state index in [0.717, 1.165) is 11.1 Å². The number of carbonyl (C=O) groups is 1. The van der Waals surface area contributed by atoms with Gasteiger partial charge in [0.15, 0.2) is 11.9 Å². The Balaban J connectivity index is 1.69. The van der Waals surface area contributed by atoms with Gasteiger partial charge in [0.1, 0.15) is 5.75 Å². The molecule has 0 N–H and O–H groups in total. The molecule has 32 heavy (non-hydrogen) atoms. The highest BCUT2D eigenvalue weighted by Gasteiger charge is 2.14. The number of methoxy groups -OCH3 is 1. The molecule has 160 valence electrons. The molecule has 4 aromatic rings. The van der Waals surface area contributed by atoms with Crippen LogP contribution in [0.5, 0.6) is 5.75 Å². The van der Waals surface area contributed by atoms with Gasteiger partial charge >= 0.3 is 5.97 Å². The zero-order chi connectivity index (χ0) is 22.5. The molecule has 0 aliphatic rings. The van der Waals surface area contributed by atoms with E-state index >= 15 is 0 Å². The van der Waals surface area contributed by atoms with Crippen LogP contribution in [0.25, 0.3) is 22.3 Å². The number of nitrogens with zero attached hydrogens (tertiary/aromatic N) is 3. The highest BCUT2D eigenvalue weighted by Crippen LogP contribution is 2.19. The van der Waals surface area contributed by atoms with Crippen molar-refractivity contribution in [3.63, 3.8) is 0 Å². The molecule has 0 spiro atoms. The highest BCUT2D eigenvalue weighted by atomic mass is 16.6. The predicted molar refractivity (Wildman–Crippen MR) is 123 cm³/mol. The topological polar surface area (TPSA) is 82.8 Å². The fourth-order valence-corrected chi connectivity index (χ4v) is 3.18. The number of fused-ring (bicyclic) bond motifs is 1. The molecule has 4 rings (SSSR count). The normalized spacial score (nSPS) is 12.1. The molecular formula is C25H21N3O4. The standard InChI is InChI=1S/C25H21N3O4/c1-17(25(30)31-2)32-20-14-12-18(13-15-20)16-26-28-23(19-8-4-3-5-9-19)27-22-11-7-6-10-21(22)24(28)29/h3-17H,1-2H3/t17-/m0/s1. The molecule has 1 atom stereocenters. The average Bonchev–Trinajstić information content (AvgIpc) is 2.84. The third-order valence-electron chi connectivity index (χ3n) is 4.83. The van der Waals surface area contributed by atoms with Gasteiger partial charge in [0.25, 0.3) is 5.56 Å². The summed E-state index contributed by atoms with van der Waals surface area (Å²) >= 11 is 0. The van der Waals surface area contributed by atoms with Crippen molar-refractivity contribution in [2.24, 2.45) is 5.10 Å². The lowest BCUT2D eigenvalue weighted by Crippen LogP contribution is -2.24. The summed E-state index contributed by atoms with van der Waals surface area (Å²) in [7, 11) is 1.31. The number of hydrogen-bond donors (Lipinski definition) is 0. The summed E-state index contributed by atoms with van der Waals surface area (Å²) < 4.78 is 11.5. The number of hydrogen-bond acceptors (Lipinski definition) is 6. The number of ether oxygens (including phenoxy) is 2. The van der Waals surface area contributed by atoms with Crippen molar-refractivity contribution in [2.45, 2.75) is 13.0 Å². The van der Waals surface area contributed by atoms with Crippen LogP contribution >= 0.6 is 0 Å². The van der Waals surface area contributed by atoms with Gasteiger partial charge < -0.3 is 9.47 Å². The van der Waals surface area contributed by atoms with Crippen LogP contribution in [0.2, 0.25) is 0 Å². The van der Waals surface area contributed by atoms with E-state index in [1.807, 2.05) is 42.5 Å². The van der Waals surface area contributed by atoms with Gasteiger partial charge in [-0.15, -0.1) is 0 Å². The van der Waals surface area contributed by atoms with E-state index in [1.165, 1.54) is 11.8 Å².